The third kappa shape index (κ3) is 4.77. The zero-order valence-corrected chi connectivity index (χ0v) is 17.1. The first kappa shape index (κ1) is 20.5. The molecule has 2 aromatic heterocycles. The first-order chi connectivity index (χ1) is 14.0. The lowest BCUT2D eigenvalue weighted by Crippen LogP contribution is -2.26. The lowest BCUT2D eigenvalue weighted by molar-refractivity contribution is 0.0907. The summed E-state index contributed by atoms with van der Waals surface area (Å²) in [6.45, 7) is 10.8. The second-order valence-corrected chi connectivity index (χ2v) is 6.85. The molecule has 1 N–H and O–H groups in total. The highest BCUT2D eigenvalue weighted by molar-refractivity contribution is 5.91. The molecule has 0 radical (unpaired) electrons. The zero-order chi connectivity index (χ0) is 20.8. The van der Waals surface area contributed by atoms with E-state index >= 15 is 0 Å². The van der Waals surface area contributed by atoms with Gasteiger partial charge in [-0.1, -0.05) is 24.3 Å². The van der Waals surface area contributed by atoms with Gasteiger partial charge in [-0.05, 0) is 51.0 Å². The number of nitrogens with zero attached hydrogens (tertiary/aromatic N) is 2. The van der Waals surface area contributed by atoms with Crippen LogP contribution in [0.2, 0.25) is 0 Å². The average Bonchev–Trinajstić information content (AvgIpc) is 3.34. The van der Waals surface area contributed by atoms with Crippen LogP contribution in [0.15, 0.2) is 59.7 Å². The van der Waals surface area contributed by atoms with Crippen molar-refractivity contribution in [2.24, 2.45) is 0 Å². The standard InChI is InChI=1S/C23H27N3O3/c1-5-9-18-10-7-8-11-21(18)28-15-19-12-13-22(29-19)23(27)25-16(3)20-14-24-26(6-2)17(20)4/h5,7-8,10-14,16H,1,6,9,15H2,2-4H3,(H,25,27). The number of amides is 1. The quantitative estimate of drug-likeness (QED) is 0.539. The van der Waals surface area contributed by atoms with E-state index in [1.165, 1.54) is 0 Å². The number of ether oxygens (including phenoxy) is 1. The van der Waals surface area contributed by atoms with E-state index < -0.39 is 0 Å². The molecule has 0 fully saturated rings. The summed E-state index contributed by atoms with van der Waals surface area (Å²) in [7, 11) is 0. The van der Waals surface area contributed by atoms with E-state index in [9.17, 15) is 4.79 Å². The summed E-state index contributed by atoms with van der Waals surface area (Å²) in [6.07, 6.45) is 4.37. The predicted molar refractivity (Wildman–Crippen MR) is 112 cm³/mol. The number of hydrogen-bond donors (Lipinski definition) is 1. The van der Waals surface area contributed by atoms with Crippen LogP contribution in [0.4, 0.5) is 0 Å². The minimum atomic E-state index is -0.264. The molecule has 1 amide bonds. The Labute approximate surface area is 171 Å². The largest absolute Gasteiger partial charge is 0.485 e. The molecule has 6 heteroatoms. The van der Waals surface area contributed by atoms with Gasteiger partial charge >= 0.3 is 0 Å². The maximum absolute atomic E-state index is 12.6. The van der Waals surface area contributed by atoms with Gasteiger partial charge in [-0.3, -0.25) is 9.48 Å². The van der Waals surface area contributed by atoms with Crippen LogP contribution in [0, 0.1) is 6.92 Å². The molecule has 152 valence electrons. The summed E-state index contributed by atoms with van der Waals surface area (Å²) in [5.74, 6) is 1.37. The SMILES string of the molecule is C=CCc1ccccc1OCc1ccc(C(=O)NC(C)c2cnn(CC)c2C)o1. The number of carbonyl (C=O) groups is 1. The summed E-state index contributed by atoms with van der Waals surface area (Å²) in [6, 6.07) is 11.1. The van der Waals surface area contributed by atoms with Gasteiger partial charge in [0.2, 0.25) is 0 Å². The van der Waals surface area contributed by atoms with Crippen molar-refractivity contribution >= 4 is 5.91 Å². The van der Waals surface area contributed by atoms with Crippen molar-refractivity contribution < 1.29 is 13.9 Å². The predicted octanol–water partition coefficient (Wildman–Crippen LogP) is 4.60. The topological polar surface area (TPSA) is 69.3 Å². The van der Waals surface area contributed by atoms with Crippen molar-refractivity contribution in [2.45, 2.75) is 46.4 Å². The van der Waals surface area contributed by atoms with Gasteiger partial charge in [-0.15, -0.1) is 6.58 Å². The van der Waals surface area contributed by atoms with Crippen molar-refractivity contribution in [1.82, 2.24) is 15.1 Å². The van der Waals surface area contributed by atoms with Crippen LogP contribution in [-0.2, 0) is 19.6 Å². The van der Waals surface area contributed by atoms with Crippen LogP contribution >= 0.6 is 0 Å². The normalized spacial score (nSPS) is 11.8. The molecule has 0 aliphatic rings. The molecule has 1 aromatic carbocycles. The monoisotopic (exact) mass is 393 g/mol. The number of para-hydroxylation sites is 1. The fourth-order valence-corrected chi connectivity index (χ4v) is 3.25. The number of carbonyl (C=O) groups excluding carboxylic acids is 1. The van der Waals surface area contributed by atoms with Gasteiger partial charge in [0.15, 0.2) is 5.76 Å². The molecule has 0 aliphatic heterocycles. The Hall–Kier alpha value is -3.28. The Balaban J connectivity index is 1.61. The molecule has 0 saturated carbocycles. The number of rotatable bonds is 9. The Bertz CT molecular complexity index is 987. The molecular formula is C23H27N3O3. The third-order valence-corrected chi connectivity index (χ3v) is 4.85. The molecule has 2 heterocycles. The lowest BCUT2D eigenvalue weighted by Gasteiger charge is -2.13. The van der Waals surface area contributed by atoms with Gasteiger partial charge in [-0.2, -0.15) is 5.10 Å². The molecule has 0 bridgehead atoms. The van der Waals surface area contributed by atoms with Crippen molar-refractivity contribution in [3.63, 3.8) is 0 Å². The Kier molecular flexibility index (Phi) is 6.54. The first-order valence-electron chi connectivity index (χ1n) is 9.77. The van der Waals surface area contributed by atoms with Crippen molar-refractivity contribution in [3.8, 4) is 5.75 Å². The van der Waals surface area contributed by atoms with Gasteiger partial charge in [0.1, 0.15) is 18.1 Å². The van der Waals surface area contributed by atoms with Gasteiger partial charge in [0.25, 0.3) is 5.91 Å². The average molecular weight is 393 g/mol. The molecule has 1 unspecified atom stereocenters. The van der Waals surface area contributed by atoms with E-state index in [1.54, 1.807) is 18.3 Å². The van der Waals surface area contributed by atoms with Crippen molar-refractivity contribution in [3.05, 3.63) is 83.6 Å². The third-order valence-electron chi connectivity index (χ3n) is 4.85. The fourth-order valence-electron chi connectivity index (χ4n) is 3.25. The number of allylic oxidation sites excluding steroid dienone is 1. The van der Waals surface area contributed by atoms with Crippen LogP contribution in [0.5, 0.6) is 5.75 Å². The molecule has 3 rings (SSSR count). The molecule has 0 saturated heterocycles. The van der Waals surface area contributed by atoms with Crippen LogP contribution < -0.4 is 10.1 Å². The second-order valence-electron chi connectivity index (χ2n) is 6.85. The smallest absolute Gasteiger partial charge is 0.287 e. The zero-order valence-electron chi connectivity index (χ0n) is 17.1. The summed E-state index contributed by atoms with van der Waals surface area (Å²) in [4.78, 5) is 12.6. The highest BCUT2D eigenvalue weighted by Gasteiger charge is 2.18. The molecule has 0 spiro atoms. The summed E-state index contributed by atoms with van der Waals surface area (Å²) in [5, 5.41) is 7.30. The van der Waals surface area contributed by atoms with E-state index in [0.29, 0.717) is 5.76 Å². The Morgan fingerprint density at radius 1 is 1.34 bits per heavy atom. The number of benzene rings is 1. The van der Waals surface area contributed by atoms with E-state index in [1.807, 2.05) is 55.8 Å². The van der Waals surface area contributed by atoms with E-state index in [4.69, 9.17) is 9.15 Å². The van der Waals surface area contributed by atoms with Gasteiger partial charge < -0.3 is 14.5 Å². The summed E-state index contributed by atoms with van der Waals surface area (Å²) in [5.41, 5.74) is 3.10. The lowest BCUT2D eigenvalue weighted by atomic mass is 10.1. The molecule has 3 aromatic rings. The van der Waals surface area contributed by atoms with Gasteiger partial charge in [0, 0.05) is 17.8 Å². The van der Waals surface area contributed by atoms with Crippen LogP contribution in [0.3, 0.4) is 0 Å². The van der Waals surface area contributed by atoms with Gasteiger partial charge in [0.05, 0.1) is 12.2 Å². The van der Waals surface area contributed by atoms with Crippen LogP contribution in [0.25, 0.3) is 0 Å². The summed E-state index contributed by atoms with van der Waals surface area (Å²) < 4.78 is 13.5. The minimum absolute atomic E-state index is 0.168. The highest BCUT2D eigenvalue weighted by Crippen LogP contribution is 2.21. The first-order valence-corrected chi connectivity index (χ1v) is 9.77. The maximum Gasteiger partial charge on any atom is 0.287 e. The molecule has 6 nitrogen and oxygen atoms in total. The van der Waals surface area contributed by atoms with Crippen molar-refractivity contribution in [1.29, 1.82) is 0 Å². The van der Waals surface area contributed by atoms with E-state index in [0.717, 1.165) is 35.5 Å². The fraction of sp³-hybridized carbons (Fsp3) is 0.304. The number of hydrogen-bond acceptors (Lipinski definition) is 4. The number of nitrogens with one attached hydrogen (secondary N) is 1. The second kappa shape index (κ2) is 9.28. The number of furan rings is 1. The minimum Gasteiger partial charge on any atom is -0.485 e. The van der Waals surface area contributed by atoms with E-state index in [-0.39, 0.29) is 24.3 Å². The van der Waals surface area contributed by atoms with Gasteiger partial charge in [-0.25, -0.2) is 0 Å². The number of aromatic nitrogens is 2. The molecule has 1 atom stereocenters. The Morgan fingerprint density at radius 2 is 2.14 bits per heavy atom. The van der Waals surface area contributed by atoms with E-state index in [2.05, 4.69) is 17.0 Å². The highest BCUT2D eigenvalue weighted by atomic mass is 16.5. The molecule has 0 aliphatic carbocycles. The number of aryl methyl sites for hydroxylation is 1. The van der Waals surface area contributed by atoms with Crippen LogP contribution in [-0.4, -0.2) is 15.7 Å². The van der Waals surface area contributed by atoms with Crippen LogP contribution in [0.1, 0.15) is 53.0 Å². The molecule has 29 heavy (non-hydrogen) atoms. The maximum atomic E-state index is 12.6. The molecular weight excluding hydrogens is 366 g/mol. The summed E-state index contributed by atoms with van der Waals surface area (Å²) >= 11 is 0. The van der Waals surface area contributed by atoms with Crippen molar-refractivity contribution in [2.75, 3.05) is 0 Å². The Morgan fingerprint density at radius 3 is 2.86 bits per heavy atom.